The molecule has 0 aliphatic rings. The highest BCUT2D eigenvalue weighted by Crippen LogP contribution is 2.36. The highest BCUT2D eigenvalue weighted by atomic mass is 32.2. The maximum Gasteiger partial charge on any atom is 0.300 e. The van der Waals surface area contributed by atoms with Crippen molar-refractivity contribution in [2.24, 2.45) is 0 Å². The van der Waals surface area contributed by atoms with E-state index in [0.29, 0.717) is 4.90 Å². The molecule has 0 saturated carbocycles. The Balaban J connectivity index is 2.43. The third kappa shape index (κ3) is 2.84. The van der Waals surface area contributed by atoms with E-state index in [-0.39, 0.29) is 17.0 Å². The molecule has 0 radical (unpaired) electrons. The monoisotopic (exact) mass is 272 g/mol. The van der Waals surface area contributed by atoms with Gasteiger partial charge in [0.1, 0.15) is 17.4 Å². The molecule has 19 heavy (non-hydrogen) atoms. The number of nitro benzene ring substituents is 1. The first-order chi connectivity index (χ1) is 9.11. The highest BCUT2D eigenvalue weighted by molar-refractivity contribution is 7.99. The fourth-order valence-corrected chi connectivity index (χ4v) is 2.48. The number of nitriles is 1. The van der Waals surface area contributed by atoms with E-state index in [9.17, 15) is 15.2 Å². The Bertz CT molecular complexity index is 663. The zero-order valence-electron chi connectivity index (χ0n) is 9.61. The van der Waals surface area contributed by atoms with Crippen molar-refractivity contribution in [3.05, 3.63) is 58.1 Å². The number of rotatable bonds is 3. The number of para-hydroxylation sites is 1. The lowest BCUT2D eigenvalue weighted by Gasteiger charge is -2.04. The van der Waals surface area contributed by atoms with Gasteiger partial charge in [-0.15, -0.1) is 0 Å². The maximum atomic E-state index is 11.0. The summed E-state index contributed by atoms with van der Waals surface area (Å²) < 4.78 is 0. The molecule has 0 aromatic heterocycles. The highest BCUT2D eigenvalue weighted by Gasteiger charge is 2.20. The van der Waals surface area contributed by atoms with Crippen LogP contribution in [0, 0.1) is 21.4 Å². The maximum absolute atomic E-state index is 11.0. The molecule has 5 nitrogen and oxygen atoms in total. The van der Waals surface area contributed by atoms with Crippen molar-refractivity contribution in [2.75, 3.05) is 0 Å². The van der Waals surface area contributed by atoms with Crippen molar-refractivity contribution in [3.63, 3.8) is 0 Å². The van der Waals surface area contributed by atoms with Crippen molar-refractivity contribution < 1.29 is 10.0 Å². The first kappa shape index (κ1) is 12.9. The first-order valence-corrected chi connectivity index (χ1v) is 6.08. The van der Waals surface area contributed by atoms with Crippen LogP contribution in [0.5, 0.6) is 5.75 Å². The van der Waals surface area contributed by atoms with Gasteiger partial charge in [0.05, 0.1) is 9.82 Å². The van der Waals surface area contributed by atoms with Crippen LogP contribution in [0.1, 0.15) is 5.56 Å². The van der Waals surface area contributed by atoms with E-state index in [1.807, 2.05) is 6.07 Å². The SMILES string of the molecule is N#Cc1cccc(Sc2ccc(O)cc2)c1[N+](=O)[O-]. The van der Waals surface area contributed by atoms with Gasteiger partial charge in [-0.25, -0.2) is 0 Å². The van der Waals surface area contributed by atoms with Crippen LogP contribution in [0.4, 0.5) is 5.69 Å². The molecular formula is C13H8N2O3S. The minimum Gasteiger partial charge on any atom is -0.508 e. The third-order valence-corrected chi connectivity index (χ3v) is 3.42. The lowest BCUT2D eigenvalue weighted by atomic mass is 10.2. The van der Waals surface area contributed by atoms with E-state index in [1.54, 1.807) is 24.3 Å². The van der Waals surface area contributed by atoms with Crippen molar-refractivity contribution in [1.82, 2.24) is 0 Å². The van der Waals surface area contributed by atoms with Gasteiger partial charge in [0.15, 0.2) is 0 Å². The van der Waals surface area contributed by atoms with Crippen LogP contribution < -0.4 is 0 Å². The second kappa shape index (κ2) is 5.42. The van der Waals surface area contributed by atoms with Gasteiger partial charge < -0.3 is 5.11 Å². The first-order valence-electron chi connectivity index (χ1n) is 5.26. The van der Waals surface area contributed by atoms with Gasteiger partial charge in [-0.3, -0.25) is 10.1 Å². The zero-order valence-corrected chi connectivity index (χ0v) is 10.4. The molecule has 0 amide bonds. The number of nitro groups is 1. The number of phenols is 1. The molecular weight excluding hydrogens is 264 g/mol. The van der Waals surface area contributed by atoms with Gasteiger partial charge in [0.2, 0.25) is 0 Å². The second-order valence-corrected chi connectivity index (χ2v) is 4.73. The number of nitrogens with zero attached hydrogens (tertiary/aromatic N) is 2. The van der Waals surface area contributed by atoms with Crippen molar-refractivity contribution in [3.8, 4) is 11.8 Å². The summed E-state index contributed by atoms with van der Waals surface area (Å²) in [7, 11) is 0. The quantitative estimate of drug-likeness (QED) is 0.684. The molecule has 0 spiro atoms. The summed E-state index contributed by atoms with van der Waals surface area (Å²) in [5.41, 5.74) is -0.156. The largest absolute Gasteiger partial charge is 0.508 e. The molecule has 6 heteroatoms. The lowest BCUT2D eigenvalue weighted by molar-refractivity contribution is -0.388. The number of hydrogen-bond donors (Lipinski definition) is 1. The molecule has 0 aliphatic heterocycles. The van der Waals surface area contributed by atoms with Gasteiger partial charge in [-0.2, -0.15) is 5.26 Å². The number of benzene rings is 2. The van der Waals surface area contributed by atoms with Crippen molar-refractivity contribution in [1.29, 1.82) is 5.26 Å². The standard InChI is InChI=1S/C13H8N2O3S/c14-8-9-2-1-3-12(13(9)15(17)18)19-11-6-4-10(16)5-7-11/h1-7,16H. The molecule has 0 fully saturated rings. The van der Waals surface area contributed by atoms with Crippen LogP contribution in [0.3, 0.4) is 0 Å². The average Bonchev–Trinajstić information content (AvgIpc) is 2.40. The average molecular weight is 272 g/mol. The smallest absolute Gasteiger partial charge is 0.300 e. The van der Waals surface area contributed by atoms with E-state index >= 15 is 0 Å². The van der Waals surface area contributed by atoms with Crippen LogP contribution >= 0.6 is 11.8 Å². The fourth-order valence-electron chi connectivity index (χ4n) is 1.52. The number of aromatic hydroxyl groups is 1. The molecule has 2 rings (SSSR count). The van der Waals surface area contributed by atoms with Crippen molar-refractivity contribution in [2.45, 2.75) is 9.79 Å². The Morgan fingerprint density at radius 1 is 1.21 bits per heavy atom. The lowest BCUT2D eigenvalue weighted by Crippen LogP contribution is -1.94. The summed E-state index contributed by atoms with van der Waals surface area (Å²) in [5, 5.41) is 29.1. The van der Waals surface area contributed by atoms with Gasteiger partial charge >= 0.3 is 5.69 Å². The summed E-state index contributed by atoms with van der Waals surface area (Å²) in [4.78, 5) is 11.6. The number of hydrogen-bond acceptors (Lipinski definition) is 5. The minimum atomic E-state index is -0.554. The topological polar surface area (TPSA) is 87.2 Å². The van der Waals surface area contributed by atoms with Gasteiger partial charge in [-0.05, 0) is 36.4 Å². The summed E-state index contributed by atoms with van der Waals surface area (Å²) >= 11 is 1.18. The van der Waals surface area contributed by atoms with Gasteiger partial charge in [-0.1, -0.05) is 17.8 Å². The normalized spacial score (nSPS) is 9.84. The number of phenolic OH excluding ortho intramolecular Hbond substituents is 1. The van der Waals surface area contributed by atoms with Gasteiger partial charge in [0, 0.05) is 4.90 Å². The van der Waals surface area contributed by atoms with Crippen molar-refractivity contribution >= 4 is 17.4 Å². The molecule has 0 unspecified atom stereocenters. The van der Waals surface area contributed by atoms with E-state index in [1.165, 1.54) is 30.0 Å². The van der Waals surface area contributed by atoms with E-state index < -0.39 is 4.92 Å². The van der Waals surface area contributed by atoms with E-state index in [0.717, 1.165) is 4.90 Å². The Kier molecular flexibility index (Phi) is 3.68. The Hall–Kier alpha value is -2.52. The summed E-state index contributed by atoms with van der Waals surface area (Å²) in [6.45, 7) is 0. The summed E-state index contributed by atoms with van der Waals surface area (Å²) in [6, 6.07) is 12.7. The Labute approximate surface area is 113 Å². The predicted octanol–water partition coefficient (Wildman–Crippen LogP) is 3.32. The molecule has 0 heterocycles. The molecule has 0 aliphatic carbocycles. The fraction of sp³-hybridized carbons (Fsp3) is 0. The molecule has 0 atom stereocenters. The second-order valence-electron chi connectivity index (χ2n) is 3.62. The van der Waals surface area contributed by atoms with E-state index in [2.05, 4.69) is 0 Å². The van der Waals surface area contributed by atoms with Crippen LogP contribution in [0.2, 0.25) is 0 Å². The van der Waals surface area contributed by atoms with Crippen LogP contribution in [0.15, 0.2) is 52.3 Å². The molecule has 0 saturated heterocycles. The third-order valence-electron chi connectivity index (χ3n) is 2.37. The molecule has 2 aromatic carbocycles. The van der Waals surface area contributed by atoms with Crippen LogP contribution in [-0.4, -0.2) is 10.0 Å². The van der Waals surface area contributed by atoms with Crippen LogP contribution in [0.25, 0.3) is 0 Å². The summed E-state index contributed by atoms with van der Waals surface area (Å²) in [6.07, 6.45) is 0. The Morgan fingerprint density at radius 3 is 2.47 bits per heavy atom. The van der Waals surface area contributed by atoms with Gasteiger partial charge in [0.25, 0.3) is 0 Å². The molecule has 1 N–H and O–H groups in total. The summed E-state index contributed by atoms with van der Waals surface area (Å²) in [5.74, 6) is 0.129. The Morgan fingerprint density at radius 2 is 1.89 bits per heavy atom. The van der Waals surface area contributed by atoms with E-state index in [4.69, 9.17) is 5.26 Å². The molecule has 94 valence electrons. The predicted molar refractivity (Wildman–Crippen MR) is 70.0 cm³/mol. The molecule has 2 aromatic rings. The van der Waals surface area contributed by atoms with Crippen LogP contribution in [-0.2, 0) is 0 Å². The molecule has 0 bridgehead atoms. The zero-order chi connectivity index (χ0) is 13.8. The minimum absolute atomic E-state index is 0.0359.